The molecule has 0 aliphatic carbocycles. The molecule has 34 heavy (non-hydrogen) atoms. The van der Waals surface area contributed by atoms with Gasteiger partial charge in [-0.1, -0.05) is 24.3 Å². The number of ether oxygens (including phenoxy) is 3. The lowest BCUT2D eigenvalue weighted by atomic mass is 10.1. The topological polar surface area (TPSA) is 110 Å². The van der Waals surface area contributed by atoms with E-state index in [1.54, 1.807) is 79.9 Å². The third-order valence-electron chi connectivity index (χ3n) is 4.63. The largest absolute Gasteiger partial charge is 0.497 e. The first-order chi connectivity index (χ1) is 16.5. The summed E-state index contributed by atoms with van der Waals surface area (Å²) < 4.78 is 15.9. The molecule has 0 unspecified atom stereocenters. The molecule has 0 spiro atoms. The minimum atomic E-state index is -0.546. The predicted octanol–water partition coefficient (Wildman–Crippen LogP) is 4.27. The Kier molecular flexibility index (Phi) is 8.25. The first-order valence-electron chi connectivity index (χ1n) is 10.3. The lowest BCUT2D eigenvalue weighted by molar-refractivity contribution is -0.118. The van der Waals surface area contributed by atoms with E-state index in [1.165, 1.54) is 13.2 Å². The molecular weight excluding hydrogens is 434 g/mol. The number of nitriles is 1. The number of methoxy groups -OCH3 is 2. The normalized spacial score (nSPS) is 10.6. The van der Waals surface area contributed by atoms with E-state index in [2.05, 4.69) is 10.6 Å². The molecule has 0 aliphatic heterocycles. The van der Waals surface area contributed by atoms with E-state index in [1.807, 2.05) is 6.07 Å². The number of anilines is 2. The Balaban J connectivity index is 1.63. The minimum absolute atomic E-state index is 0.0816. The summed E-state index contributed by atoms with van der Waals surface area (Å²) in [4.78, 5) is 24.8. The Hall–Kier alpha value is -4.77. The molecule has 0 bridgehead atoms. The van der Waals surface area contributed by atoms with Crippen LogP contribution in [0.3, 0.4) is 0 Å². The number of carbonyl (C=O) groups is 2. The number of nitrogens with zero attached hydrogens (tertiary/aromatic N) is 1. The standard InChI is InChI=1S/C26H23N3O5/c1-32-21-12-10-20(11-13-21)28-26(31)19(16-27)14-18-6-5-7-22(15-18)34-17-25(30)29-23-8-3-4-9-24(23)33-2/h3-15H,17H2,1-2H3,(H,28,31)(H,29,30)/b19-14-. The maximum Gasteiger partial charge on any atom is 0.266 e. The van der Waals surface area contributed by atoms with E-state index < -0.39 is 5.91 Å². The second kappa shape index (κ2) is 11.7. The van der Waals surface area contributed by atoms with Crippen LogP contribution in [0.5, 0.6) is 17.2 Å². The van der Waals surface area contributed by atoms with Crippen LogP contribution < -0.4 is 24.8 Å². The predicted molar refractivity (Wildman–Crippen MR) is 129 cm³/mol. The van der Waals surface area contributed by atoms with Crippen LogP contribution >= 0.6 is 0 Å². The van der Waals surface area contributed by atoms with Crippen molar-refractivity contribution in [3.05, 3.63) is 83.9 Å². The second-order valence-corrected chi connectivity index (χ2v) is 6.96. The Morgan fingerprint density at radius 1 is 0.912 bits per heavy atom. The van der Waals surface area contributed by atoms with E-state index in [-0.39, 0.29) is 18.1 Å². The van der Waals surface area contributed by atoms with E-state index in [4.69, 9.17) is 14.2 Å². The first-order valence-corrected chi connectivity index (χ1v) is 10.3. The Labute approximate surface area is 197 Å². The summed E-state index contributed by atoms with van der Waals surface area (Å²) in [6, 6.07) is 22.5. The highest BCUT2D eigenvalue weighted by Gasteiger charge is 2.11. The third-order valence-corrected chi connectivity index (χ3v) is 4.63. The molecule has 0 aliphatic rings. The zero-order chi connectivity index (χ0) is 24.3. The Bertz CT molecular complexity index is 1230. The zero-order valence-corrected chi connectivity index (χ0v) is 18.7. The molecule has 0 saturated heterocycles. The number of carbonyl (C=O) groups excluding carboxylic acids is 2. The van der Waals surface area contributed by atoms with Crippen LogP contribution in [0.1, 0.15) is 5.56 Å². The zero-order valence-electron chi connectivity index (χ0n) is 18.7. The van der Waals surface area contributed by atoms with Crippen LogP contribution in [0.15, 0.2) is 78.4 Å². The van der Waals surface area contributed by atoms with Gasteiger partial charge < -0.3 is 24.8 Å². The summed E-state index contributed by atoms with van der Waals surface area (Å²) >= 11 is 0. The number of rotatable bonds is 9. The fourth-order valence-corrected chi connectivity index (χ4v) is 2.97. The summed E-state index contributed by atoms with van der Waals surface area (Å²) in [5, 5.41) is 14.9. The maximum absolute atomic E-state index is 12.5. The van der Waals surface area contributed by atoms with Crippen molar-refractivity contribution < 1.29 is 23.8 Å². The quantitative estimate of drug-likeness (QED) is 0.367. The lowest BCUT2D eigenvalue weighted by Gasteiger charge is -2.11. The average molecular weight is 457 g/mol. The molecule has 2 amide bonds. The van der Waals surface area contributed by atoms with Crippen LogP contribution in [0.4, 0.5) is 11.4 Å². The van der Waals surface area contributed by atoms with Crippen LogP contribution in [0.25, 0.3) is 6.08 Å². The number of nitrogens with one attached hydrogen (secondary N) is 2. The fraction of sp³-hybridized carbons (Fsp3) is 0.115. The van der Waals surface area contributed by atoms with Gasteiger partial charge in [0, 0.05) is 5.69 Å². The van der Waals surface area contributed by atoms with Crippen molar-refractivity contribution in [2.45, 2.75) is 0 Å². The van der Waals surface area contributed by atoms with E-state index >= 15 is 0 Å². The van der Waals surface area contributed by atoms with Crippen LogP contribution in [-0.4, -0.2) is 32.6 Å². The molecule has 0 aromatic heterocycles. The van der Waals surface area contributed by atoms with Crippen LogP contribution in [0.2, 0.25) is 0 Å². The lowest BCUT2D eigenvalue weighted by Crippen LogP contribution is -2.20. The number of benzene rings is 3. The summed E-state index contributed by atoms with van der Waals surface area (Å²) in [6.45, 7) is -0.228. The van der Waals surface area contributed by atoms with E-state index in [9.17, 15) is 14.9 Å². The van der Waals surface area contributed by atoms with E-state index in [0.717, 1.165) is 0 Å². The highest BCUT2D eigenvalue weighted by Crippen LogP contribution is 2.23. The molecule has 172 valence electrons. The number of hydrogen-bond donors (Lipinski definition) is 2. The highest BCUT2D eigenvalue weighted by molar-refractivity contribution is 6.09. The Morgan fingerprint density at radius 2 is 1.68 bits per heavy atom. The molecule has 2 N–H and O–H groups in total. The van der Waals surface area contributed by atoms with Gasteiger partial charge in [-0.15, -0.1) is 0 Å². The van der Waals surface area contributed by atoms with Crippen molar-refractivity contribution in [2.24, 2.45) is 0 Å². The molecule has 0 saturated carbocycles. The smallest absolute Gasteiger partial charge is 0.266 e. The molecule has 0 heterocycles. The molecule has 3 aromatic carbocycles. The van der Waals surface area contributed by atoms with Crippen molar-refractivity contribution in [3.8, 4) is 23.3 Å². The van der Waals surface area contributed by atoms with Gasteiger partial charge in [-0.3, -0.25) is 9.59 Å². The summed E-state index contributed by atoms with van der Waals surface area (Å²) in [5.41, 5.74) is 1.56. The summed E-state index contributed by atoms with van der Waals surface area (Å²) in [7, 11) is 3.07. The van der Waals surface area contributed by atoms with Crippen molar-refractivity contribution in [1.82, 2.24) is 0 Å². The monoisotopic (exact) mass is 457 g/mol. The van der Waals surface area contributed by atoms with Crippen molar-refractivity contribution in [1.29, 1.82) is 5.26 Å². The van der Waals surface area contributed by atoms with Crippen molar-refractivity contribution in [2.75, 3.05) is 31.5 Å². The SMILES string of the molecule is COc1ccc(NC(=O)/C(C#N)=C\c2cccc(OCC(=O)Nc3ccccc3OC)c2)cc1. The first kappa shape index (κ1) is 23.9. The van der Waals surface area contributed by atoms with Gasteiger partial charge in [-0.25, -0.2) is 0 Å². The second-order valence-electron chi connectivity index (χ2n) is 6.96. The van der Waals surface area contributed by atoms with Crippen molar-refractivity contribution in [3.63, 3.8) is 0 Å². The molecular formula is C26H23N3O5. The van der Waals surface area contributed by atoms with E-state index in [0.29, 0.717) is 34.2 Å². The highest BCUT2D eigenvalue weighted by atomic mass is 16.5. The van der Waals surface area contributed by atoms with Gasteiger partial charge in [0.05, 0.1) is 19.9 Å². The molecule has 3 aromatic rings. The number of amides is 2. The van der Waals surface area contributed by atoms with Crippen LogP contribution in [-0.2, 0) is 9.59 Å². The van der Waals surface area contributed by atoms with Gasteiger partial charge in [0.15, 0.2) is 6.61 Å². The molecule has 8 heteroatoms. The average Bonchev–Trinajstić information content (AvgIpc) is 2.87. The van der Waals surface area contributed by atoms with Gasteiger partial charge in [0.1, 0.15) is 28.9 Å². The van der Waals surface area contributed by atoms with Gasteiger partial charge >= 0.3 is 0 Å². The Morgan fingerprint density at radius 3 is 2.38 bits per heavy atom. The number of para-hydroxylation sites is 2. The summed E-state index contributed by atoms with van der Waals surface area (Å²) in [6.07, 6.45) is 1.45. The maximum atomic E-state index is 12.5. The summed E-state index contributed by atoms with van der Waals surface area (Å²) in [5.74, 6) is 0.705. The molecule has 8 nitrogen and oxygen atoms in total. The molecule has 0 radical (unpaired) electrons. The van der Waals surface area contributed by atoms with Crippen LogP contribution in [0, 0.1) is 11.3 Å². The van der Waals surface area contributed by atoms with Gasteiger partial charge in [0.2, 0.25) is 0 Å². The molecule has 0 fully saturated rings. The van der Waals surface area contributed by atoms with Gasteiger partial charge in [-0.2, -0.15) is 5.26 Å². The fourth-order valence-electron chi connectivity index (χ4n) is 2.97. The molecule has 3 rings (SSSR count). The molecule has 0 atom stereocenters. The van der Waals surface area contributed by atoms with Crippen molar-refractivity contribution >= 4 is 29.3 Å². The van der Waals surface area contributed by atoms with Gasteiger partial charge in [0.25, 0.3) is 11.8 Å². The van der Waals surface area contributed by atoms with Gasteiger partial charge in [-0.05, 0) is 60.2 Å². The minimum Gasteiger partial charge on any atom is -0.497 e. The third kappa shape index (κ3) is 6.61. The number of hydrogen-bond acceptors (Lipinski definition) is 6.